The maximum atomic E-state index is 13.1. The van der Waals surface area contributed by atoms with Gasteiger partial charge in [-0.15, -0.1) is 0 Å². The molecule has 0 aliphatic carbocycles. The molecule has 0 fully saturated rings. The summed E-state index contributed by atoms with van der Waals surface area (Å²) < 4.78 is 49.1. The minimum Gasteiger partial charge on any atom is -0.360 e. The van der Waals surface area contributed by atoms with Gasteiger partial charge in [-0.25, -0.2) is 0 Å². The lowest BCUT2D eigenvalue weighted by Crippen LogP contribution is -2.14. The molecule has 116 valence electrons. The molecular weight excluding hydrogens is 299 g/mol. The Bertz CT molecular complexity index is 622. The first-order valence-corrected chi connectivity index (χ1v) is 5.91. The summed E-state index contributed by atoms with van der Waals surface area (Å²) in [6.07, 6.45) is -4.74. The molecule has 1 N–H and O–H groups in total. The monoisotopic (exact) mass is 311 g/mol. The van der Waals surface area contributed by atoms with Crippen LogP contribution in [0.4, 0.5) is 18.9 Å². The number of nitriles is 2. The predicted molar refractivity (Wildman–Crippen MR) is 71.1 cm³/mol. The Kier molecular flexibility index (Phi) is 5.93. The van der Waals surface area contributed by atoms with E-state index in [2.05, 4.69) is 5.32 Å². The van der Waals surface area contributed by atoms with E-state index in [4.69, 9.17) is 20.0 Å². The number of anilines is 1. The third-order valence-corrected chi connectivity index (χ3v) is 2.66. The molecule has 1 aromatic rings. The lowest BCUT2D eigenvalue weighted by Gasteiger charge is -2.20. The molecule has 0 unspecified atom stereocenters. The van der Waals surface area contributed by atoms with Gasteiger partial charge in [0, 0.05) is 31.7 Å². The molecule has 0 aliphatic rings. The fraction of sp³-hybridized carbons (Fsp3) is 0.286. The third-order valence-electron chi connectivity index (χ3n) is 2.66. The Morgan fingerprint density at radius 3 is 2.27 bits per heavy atom. The van der Waals surface area contributed by atoms with Gasteiger partial charge < -0.3 is 14.8 Å². The van der Waals surface area contributed by atoms with Crippen molar-refractivity contribution in [2.45, 2.75) is 12.5 Å². The van der Waals surface area contributed by atoms with Crippen molar-refractivity contribution in [2.75, 3.05) is 19.5 Å². The molecule has 0 bridgehead atoms. The number of hydrogen-bond donors (Lipinski definition) is 1. The van der Waals surface area contributed by atoms with Crippen molar-refractivity contribution in [1.29, 1.82) is 10.5 Å². The standard InChI is InChI=1S/C14H12F3N3O2/c1-21-13(22-2)11-4-3-10(5-12(11)14(15,16)17)20-8-9(6-18)7-19/h3-5,8,13,20H,1-2H3. The normalized spacial score (nSPS) is 10.7. The number of halogens is 3. The zero-order chi connectivity index (χ0) is 16.8. The number of ether oxygens (including phenoxy) is 2. The van der Waals surface area contributed by atoms with Gasteiger partial charge in [0.05, 0.1) is 5.56 Å². The van der Waals surface area contributed by atoms with E-state index in [9.17, 15) is 13.2 Å². The van der Waals surface area contributed by atoms with Crippen LogP contribution in [-0.4, -0.2) is 14.2 Å². The summed E-state index contributed by atoms with van der Waals surface area (Å²) in [6, 6.07) is 6.59. The molecule has 0 atom stereocenters. The van der Waals surface area contributed by atoms with Crippen molar-refractivity contribution in [3.8, 4) is 12.1 Å². The number of allylic oxidation sites excluding steroid dienone is 1. The van der Waals surface area contributed by atoms with Crippen LogP contribution in [0.3, 0.4) is 0 Å². The maximum Gasteiger partial charge on any atom is 0.416 e. The first-order valence-electron chi connectivity index (χ1n) is 5.91. The predicted octanol–water partition coefficient (Wildman–Crippen LogP) is 3.34. The van der Waals surface area contributed by atoms with E-state index in [0.29, 0.717) is 0 Å². The number of nitrogens with one attached hydrogen (secondary N) is 1. The highest BCUT2D eigenvalue weighted by Crippen LogP contribution is 2.37. The van der Waals surface area contributed by atoms with Crippen LogP contribution >= 0.6 is 0 Å². The highest BCUT2D eigenvalue weighted by Gasteiger charge is 2.35. The van der Waals surface area contributed by atoms with Crippen molar-refractivity contribution in [2.24, 2.45) is 0 Å². The van der Waals surface area contributed by atoms with Crippen LogP contribution in [0.1, 0.15) is 17.4 Å². The molecule has 0 amide bonds. The van der Waals surface area contributed by atoms with Gasteiger partial charge in [0.15, 0.2) is 6.29 Å². The first kappa shape index (κ1) is 17.5. The van der Waals surface area contributed by atoms with E-state index in [1.807, 2.05) is 0 Å². The van der Waals surface area contributed by atoms with E-state index < -0.39 is 18.0 Å². The highest BCUT2D eigenvalue weighted by atomic mass is 19.4. The molecule has 1 rings (SSSR count). The van der Waals surface area contributed by atoms with Crippen molar-refractivity contribution in [3.05, 3.63) is 41.1 Å². The highest BCUT2D eigenvalue weighted by molar-refractivity contribution is 5.53. The van der Waals surface area contributed by atoms with Crippen molar-refractivity contribution in [1.82, 2.24) is 0 Å². The lowest BCUT2D eigenvalue weighted by molar-refractivity contribution is -0.147. The Labute approximate surface area is 125 Å². The van der Waals surface area contributed by atoms with Crippen LogP contribution in [0.5, 0.6) is 0 Å². The quantitative estimate of drug-likeness (QED) is 0.666. The van der Waals surface area contributed by atoms with E-state index in [1.165, 1.54) is 26.4 Å². The smallest absolute Gasteiger partial charge is 0.360 e. The minimum absolute atomic E-state index is 0.0741. The fourth-order valence-electron chi connectivity index (χ4n) is 1.69. The average Bonchev–Trinajstić information content (AvgIpc) is 2.49. The fourth-order valence-corrected chi connectivity index (χ4v) is 1.69. The maximum absolute atomic E-state index is 13.1. The summed E-state index contributed by atoms with van der Waals surface area (Å²) in [4.78, 5) is 0. The number of benzene rings is 1. The van der Waals surface area contributed by atoms with Gasteiger partial charge in [-0.3, -0.25) is 0 Å². The van der Waals surface area contributed by atoms with Crippen molar-refractivity contribution >= 4 is 5.69 Å². The van der Waals surface area contributed by atoms with Gasteiger partial charge in [0.25, 0.3) is 0 Å². The summed E-state index contributed by atoms with van der Waals surface area (Å²) in [7, 11) is 2.46. The summed E-state index contributed by atoms with van der Waals surface area (Å²) >= 11 is 0. The summed E-state index contributed by atoms with van der Waals surface area (Å²) in [5, 5.41) is 19.6. The minimum atomic E-state index is -4.61. The molecule has 0 saturated heterocycles. The number of rotatable bonds is 5. The first-order chi connectivity index (χ1) is 10.4. The van der Waals surface area contributed by atoms with Gasteiger partial charge >= 0.3 is 6.18 Å². The topological polar surface area (TPSA) is 78.1 Å². The molecule has 22 heavy (non-hydrogen) atoms. The van der Waals surface area contributed by atoms with Crippen LogP contribution in [0.2, 0.25) is 0 Å². The average molecular weight is 311 g/mol. The number of alkyl halides is 3. The Hall–Kier alpha value is -2.55. The Balaban J connectivity index is 3.25. The second-order valence-electron chi connectivity index (χ2n) is 4.03. The molecule has 0 radical (unpaired) electrons. The van der Waals surface area contributed by atoms with Crippen LogP contribution in [0, 0.1) is 22.7 Å². The Morgan fingerprint density at radius 1 is 1.23 bits per heavy atom. The van der Waals surface area contributed by atoms with E-state index in [1.54, 1.807) is 12.1 Å². The number of hydrogen-bond acceptors (Lipinski definition) is 5. The van der Waals surface area contributed by atoms with Gasteiger partial charge in [-0.2, -0.15) is 23.7 Å². The molecule has 0 aliphatic heterocycles. The van der Waals surface area contributed by atoms with E-state index >= 15 is 0 Å². The molecule has 8 heteroatoms. The Morgan fingerprint density at radius 2 is 1.82 bits per heavy atom. The molecule has 1 aromatic carbocycles. The van der Waals surface area contributed by atoms with Crippen LogP contribution in [0.25, 0.3) is 0 Å². The third kappa shape index (κ3) is 4.22. The zero-order valence-electron chi connectivity index (χ0n) is 11.7. The van der Waals surface area contributed by atoms with Gasteiger partial charge in [0.1, 0.15) is 17.7 Å². The molecule has 0 heterocycles. The largest absolute Gasteiger partial charge is 0.416 e. The molecule has 5 nitrogen and oxygen atoms in total. The number of nitrogens with zero attached hydrogens (tertiary/aromatic N) is 2. The van der Waals surface area contributed by atoms with Crippen molar-refractivity contribution in [3.63, 3.8) is 0 Å². The summed E-state index contributed by atoms with van der Waals surface area (Å²) in [5.74, 6) is 0. The van der Waals surface area contributed by atoms with Crippen LogP contribution in [-0.2, 0) is 15.7 Å². The van der Waals surface area contributed by atoms with Crippen LogP contribution in [0.15, 0.2) is 30.0 Å². The van der Waals surface area contributed by atoms with Gasteiger partial charge in [0.2, 0.25) is 0 Å². The summed E-state index contributed by atoms with van der Waals surface area (Å²) in [6.45, 7) is 0. The van der Waals surface area contributed by atoms with E-state index in [-0.39, 0.29) is 16.8 Å². The zero-order valence-corrected chi connectivity index (χ0v) is 11.7. The molecule has 0 spiro atoms. The number of methoxy groups -OCH3 is 2. The van der Waals surface area contributed by atoms with Gasteiger partial charge in [-0.05, 0) is 12.1 Å². The van der Waals surface area contributed by atoms with E-state index in [0.717, 1.165) is 12.3 Å². The molecule has 0 aromatic heterocycles. The van der Waals surface area contributed by atoms with Crippen molar-refractivity contribution < 1.29 is 22.6 Å². The second-order valence-corrected chi connectivity index (χ2v) is 4.03. The SMILES string of the molecule is COC(OC)c1ccc(NC=C(C#N)C#N)cc1C(F)(F)F. The van der Waals surface area contributed by atoms with Crippen LogP contribution < -0.4 is 5.32 Å². The molecular formula is C14H12F3N3O2. The molecule has 0 saturated carbocycles. The summed E-state index contributed by atoms with van der Waals surface area (Å²) in [5.41, 5.74) is -1.29. The second kappa shape index (κ2) is 7.46. The lowest BCUT2D eigenvalue weighted by atomic mass is 10.1. The van der Waals surface area contributed by atoms with Gasteiger partial charge in [-0.1, -0.05) is 6.07 Å².